The zero-order valence-corrected chi connectivity index (χ0v) is 25.1. The van der Waals surface area contributed by atoms with E-state index in [1.807, 2.05) is 34.7 Å². The van der Waals surface area contributed by atoms with Gasteiger partial charge in [-0.2, -0.15) is 0 Å². The van der Waals surface area contributed by atoms with Crippen molar-refractivity contribution in [1.82, 2.24) is 24.0 Å². The number of ether oxygens (including phenoxy) is 1. The molecule has 11 heteroatoms. The molecular formula is C34H34F2N6O3. The highest BCUT2D eigenvalue weighted by atomic mass is 19.1. The summed E-state index contributed by atoms with van der Waals surface area (Å²) in [6.07, 6.45) is 4.23. The van der Waals surface area contributed by atoms with Crippen molar-refractivity contribution in [3.63, 3.8) is 0 Å². The number of carbonyl (C=O) groups is 1. The van der Waals surface area contributed by atoms with Crippen molar-refractivity contribution >= 4 is 28.0 Å². The van der Waals surface area contributed by atoms with E-state index in [9.17, 15) is 18.7 Å². The molecule has 0 spiro atoms. The van der Waals surface area contributed by atoms with E-state index in [1.165, 1.54) is 12.1 Å². The van der Waals surface area contributed by atoms with Crippen LogP contribution in [0.2, 0.25) is 0 Å². The van der Waals surface area contributed by atoms with Gasteiger partial charge in [-0.1, -0.05) is 0 Å². The number of hydrogen-bond donors (Lipinski definition) is 2. The van der Waals surface area contributed by atoms with Gasteiger partial charge in [0.25, 0.3) is 5.91 Å². The molecule has 1 saturated heterocycles. The van der Waals surface area contributed by atoms with Gasteiger partial charge in [-0.15, -0.1) is 0 Å². The lowest BCUT2D eigenvalue weighted by atomic mass is 10.1. The lowest BCUT2D eigenvalue weighted by molar-refractivity contribution is 0.0700. The molecule has 3 fully saturated rings. The Morgan fingerprint density at radius 2 is 1.84 bits per heavy atom. The Balaban J connectivity index is 1.24. The number of imidazole rings is 1. The van der Waals surface area contributed by atoms with Crippen LogP contribution in [0.1, 0.15) is 41.6 Å². The predicted octanol–water partition coefficient (Wildman–Crippen LogP) is 5.01. The van der Waals surface area contributed by atoms with Crippen molar-refractivity contribution < 1.29 is 23.4 Å². The number of amides is 1. The molecule has 2 saturated carbocycles. The summed E-state index contributed by atoms with van der Waals surface area (Å²) in [5.74, 6) is 0.436. The first kappa shape index (κ1) is 28.1. The molecule has 3 aliphatic rings. The highest BCUT2D eigenvalue weighted by Crippen LogP contribution is 2.40. The zero-order chi connectivity index (χ0) is 31.1. The van der Waals surface area contributed by atoms with Gasteiger partial charge in [-0.05, 0) is 80.0 Å². The van der Waals surface area contributed by atoms with Crippen LogP contribution in [0, 0.1) is 23.5 Å². The Kier molecular flexibility index (Phi) is 6.47. The normalized spacial score (nSPS) is 21.0. The summed E-state index contributed by atoms with van der Waals surface area (Å²) < 4.78 is 39.0. The molecule has 5 aromatic rings. The van der Waals surface area contributed by atoms with Gasteiger partial charge in [-0.3, -0.25) is 4.79 Å². The largest absolute Gasteiger partial charge is 0.494 e. The molecule has 1 aliphatic heterocycles. The Bertz CT molecular complexity index is 1990. The second kappa shape index (κ2) is 10.3. The number of methoxy groups -OCH3 is 1. The number of rotatable bonds is 7. The molecule has 0 radical (unpaired) electrons. The smallest absolute Gasteiger partial charge is 0.254 e. The van der Waals surface area contributed by atoms with Crippen molar-refractivity contribution in [2.24, 2.45) is 24.6 Å². The van der Waals surface area contributed by atoms with Crippen LogP contribution in [-0.2, 0) is 20.2 Å². The van der Waals surface area contributed by atoms with E-state index in [0.29, 0.717) is 57.9 Å². The SMILES string of the molecule is COc1cc(C(=O)N2CC3CCC2[C@@H]3N)cc2nc(-c3cc4ccc(-c5cc(F)c(CO)c(F)c5)nc4n3CC3CC3)n(C)c12. The zero-order valence-electron chi connectivity index (χ0n) is 25.1. The van der Waals surface area contributed by atoms with Gasteiger partial charge in [0, 0.05) is 54.3 Å². The number of nitrogens with two attached hydrogens (primary N) is 1. The second-order valence-corrected chi connectivity index (χ2v) is 12.7. The number of fused-ring (bicyclic) bond motifs is 4. The van der Waals surface area contributed by atoms with E-state index in [0.717, 1.165) is 48.8 Å². The molecule has 1 amide bonds. The number of pyridine rings is 1. The Morgan fingerprint density at radius 3 is 2.49 bits per heavy atom. The summed E-state index contributed by atoms with van der Waals surface area (Å²) in [6, 6.07) is 11.8. The highest BCUT2D eigenvalue weighted by Gasteiger charge is 2.47. The minimum atomic E-state index is -0.810. The van der Waals surface area contributed by atoms with Crippen molar-refractivity contribution in [2.75, 3.05) is 13.7 Å². The average Bonchev–Trinajstić information content (AvgIpc) is 3.44. The molecule has 3 N–H and O–H groups in total. The topological polar surface area (TPSA) is 111 Å². The van der Waals surface area contributed by atoms with Gasteiger partial charge < -0.3 is 29.6 Å². The van der Waals surface area contributed by atoms with Crippen LogP contribution >= 0.6 is 0 Å². The number of piperidine rings is 1. The number of aryl methyl sites for hydroxylation is 1. The maximum atomic E-state index is 14.5. The lowest BCUT2D eigenvalue weighted by Gasteiger charge is -2.27. The maximum Gasteiger partial charge on any atom is 0.254 e. The lowest BCUT2D eigenvalue weighted by Crippen LogP contribution is -2.41. The maximum absolute atomic E-state index is 14.5. The average molecular weight is 613 g/mol. The van der Waals surface area contributed by atoms with Crippen LogP contribution in [0.3, 0.4) is 0 Å². The van der Waals surface area contributed by atoms with Crippen LogP contribution in [-0.4, -0.2) is 60.8 Å². The molecule has 3 atom stereocenters. The quantitative estimate of drug-likeness (QED) is 0.268. The first-order chi connectivity index (χ1) is 21.7. The summed E-state index contributed by atoms with van der Waals surface area (Å²) >= 11 is 0. The van der Waals surface area contributed by atoms with Gasteiger partial charge in [0.1, 0.15) is 28.5 Å². The molecular weight excluding hydrogens is 578 g/mol. The van der Waals surface area contributed by atoms with E-state index in [-0.39, 0.29) is 23.6 Å². The van der Waals surface area contributed by atoms with E-state index in [4.69, 9.17) is 20.4 Å². The molecule has 4 heterocycles. The predicted molar refractivity (Wildman–Crippen MR) is 166 cm³/mol. The monoisotopic (exact) mass is 612 g/mol. The number of likely N-dealkylation sites (tertiary alicyclic amines) is 1. The van der Waals surface area contributed by atoms with Crippen LogP contribution in [0.4, 0.5) is 8.78 Å². The van der Waals surface area contributed by atoms with Gasteiger partial charge in [0.15, 0.2) is 5.82 Å². The van der Waals surface area contributed by atoms with E-state index < -0.39 is 18.2 Å². The van der Waals surface area contributed by atoms with Gasteiger partial charge in [-0.25, -0.2) is 18.7 Å². The number of halogens is 2. The fourth-order valence-electron chi connectivity index (χ4n) is 7.39. The van der Waals surface area contributed by atoms with Gasteiger partial charge >= 0.3 is 0 Å². The van der Waals surface area contributed by atoms with Crippen LogP contribution in [0.25, 0.3) is 44.8 Å². The molecule has 9 nitrogen and oxygen atoms in total. The van der Waals surface area contributed by atoms with Crippen molar-refractivity contribution in [3.8, 4) is 28.5 Å². The van der Waals surface area contributed by atoms with E-state index in [2.05, 4.69) is 4.57 Å². The first-order valence-electron chi connectivity index (χ1n) is 15.5. The van der Waals surface area contributed by atoms with Crippen LogP contribution in [0.15, 0.2) is 42.5 Å². The Labute approximate surface area is 258 Å². The van der Waals surface area contributed by atoms with E-state index >= 15 is 0 Å². The van der Waals surface area contributed by atoms with Gasteiger partial charge in [0.2, 0.25) is 0 Å². The number of aromatic nitrogens is 4. The standard InChI is InChI=1S/C34H34F2N6O3/c1-40-31-26(11-21(13-29(31)45-2)34(44)42-15-19-6-8-27(42)30(19)37)39-33(40)28-12-18-5-7-25(38-32(18)41(28)14-17-3-4-17)20-9-23(35)22(16-43)24(36)10-20/h5,7,9-13,17,19,27,30,43H,3-4,6,8,14-16,37H2,1-2H3/t19?,27?,30-/m1/s1. The van der Waals surface area contributed by atoms with Crippen molar-refractivity contribution in [3.05, 3.63) is 65.2 Å². The summed E-state index contributed by atoms with van der Waals surface area (Å²) in [4.78, 5) is 25.5. The van der Waals surface area contributed by atoms with Crippen molar-refractivity contribution in [1.29, 1.82) is 0 Å². The molecule has 2 unspecified atom stereocenters. The molecule has 2 aliphatic carbocycles. The third-order valence-electron chi connectivity index (χ3n) is 10.0. The summed E-state index contributed by atoms with van der Waals surface area (Å²) in [6.45, 7) is 0.687. The number of aliphatic hydroxyl groups is 1. The fraction of sp³-hybridized carbons (Fsp3) is 0.382. The van der Waals surface area contributed by atoms with Crippen molar-refractivity contribution in [2.45, 2.75) is 50.9 Å². The third-order valence-corrected chi connectivity index (χ3v) is 10.0. The summed E-state index contributed by atoms with van der Waals surface area (Å²) in [7, 11) is 3.52. The van der Waals surface area contributed by atoms with Crippen LogP contribution < -0.4 is 10.5 Å². The molecule has 2 aromatic carbocycles. The first-order valence-corrected chi connectivity index (χ1v) is 15.5. The summed E-state index contributed by atoms with van der Waals surface area (Å²) in [5.41, 5.74) is 10.2. The number of nitrogens with zero attached hydrogens (tertiary/aromatic N) is 5. The minimum absolute atomic E-state index is 0.0292. The fourth-order valence-corrected chi connectivity index (χ4v) is 7.39. The number of hydrogen-bond acceptors (Lipinski definition) is 6. The minimum Gasteiger partial charge on any atom is -0.494 e. The Hall–Kier alpha value is -4.35. The van der Waals surface area contributed by atoms with Gasteiger partial charge in [0.05, 0.1) is 30.6 Å². The number of carbonyl (C=O) groups excluding carboxylic acids is 1. The molecule has 232 valence electrons. The summed E-state index contributed by atoms with van der Waals surface area (Å²) in [5, 5.41) is 10.2. The number of aliphatic hydroxyl groups excluding tert-OH is 1. The van der Waals surface area contributed by atoms with Crippen LogP contribution in [0.5, 0.6) is 5.75 Å². The number of benzene rings is 2. The van der Waals surface area contributed by atoms with E-state index in [1.54, 1.807) is 19.2 Å². The third kappa shape index (κ3) is 4.43. The molecule has 3 aromatic heterocycles. The molecule has 8 rings (SSSR count). The Morgan fingerprint density at radius 1 is 1.07 bits per heavy atom. The molecule has 45 heavy (non-hydrogen) atoms. The second-order valence-electron chi connectivity index (χ2n) is 12.7. The molecule has 2 bridgehead atoms. The highest BCUT2D eigenvalue weighted by molar-refractivity contribution is 6.00.